The lowest BCUT2D eigenvalue weighted by molar-refractivity contribution is 0.0933. The van der Waals surface area contributed by atoms with Crippen LogP contribution in [0.1, 0.15) is 29.0 Å². The quantitative estimate of drug-likeness (QED) is 0.539. The molecule has 20 heavy (non-hydrogen) atoms. The second-order valence-electron chi connectivity index (χ2n) is 4.72. The molecule has 2 heterocycles. The van der Waals surface area contributed by atoms with Gasteiger partial charge in [0.2, 0.25) is 0 Å². The van der Waals surface area contributed by atoms with Crippen molar-refractivity contribution in [2.75, 3.05) is 13.2 Å². The number of hydrogen-bond acceptors (Lipinski definition) is 4. The summed E-state index contributed by atoms with van der Waals surface area (Å²) in [6.07, 6.45) is 2.32. The van der Waals surface area contributed by atoms with Crippen LogP contribution >= 0.6 is 12.2 Å². The smallest absolute Gasteiger partial charge is 0.287 e. The third-order valence-electron chi connectivity index (χ3n) is 3.04. The molecule has 1 amide bonds. The number of amides is 1. The van der Waals surface area contributed by atoms with Crippen molar-refractivity contribution in [3.8, 4) is 0 Å². The first-order valence-corrected chi connectivity index (χ1v) is 6.93. The number of nitrogens with one attached hydrogen (secondary N) is 3. The van der Waals surface area contributed by atoms with E-state index in [1.807, 2.05) is 6.92 Å². The number of ether oxygens (including phenoxy) is 1. The highest BCUT2D eigenvalue weighted by molar-refractivity contribution is 7.80. The van der Waals surface area contributed by atoms with Gasteiger partial charge in [0.1, 0.15) is 5.69 Å². The van der Waals surface area contributed by atoms with Gasteiger partial charge in [-0.3, -0.25) is 20.3 Å². The van der Waals surface area contributed by atoms with E-state index in [1.165, 1.54) is 4.68 Å². The number of nitrogens with zero attached hydrogens (tertiary/aromatic N) is 2. The molecule has 0 radical (unpaired) electrons. The molecule has 7 nitrogen and oxygen atoms in total. The second kappa shape index (κ2) is 6.67. The zero-order chi connectivity index (χ0) is 14.5. The molecule has 1 aromatic heterocycles. The van der Waals surface area contributed by atoms with Crippen molar-refractivity contribution in [3.63, 3.8) is 0 Å². The molecular formula is C12H19N5O2S. The molecular weight excluding hydrogens is 278 g/mol. The summed E-state index contributed by atoms with van der Waals surface area (Å²) in [5.41, 5.74) is 6.46. The summed E-state index contributed by atoms with van der Waals surface area (Å²) in [5, 5.41) is 7.49. The zero-order valence-electron chi connectivity index (χ0n) is 11.6. The van der Waals surface area contributed by atoms with Crippen LogP contribution in [-0.2, 0) is 11.8 Å². The van der Waals surface area contributed by atoms with Crippen LogP contribution in [0.3, 0.4) is 0 Å². The van der Waals surface area contributed by atoms with E-state index >= 15 is 0 Å². The van der Waals surface area contributed by atoms with Crippen LogP contribution in [0.5, 0.6) is 0 Å². The minimum atomic E-state index is -0.283. The van der Waals surface area contributed by atoms with E-state index in [0.29, 0.717) is 17.4 Å². The number of rotatable bonds is 3. The minimum absolute atomic E-state index is 0.199. The van der Waals surface area contributed by atoms with Gasteiger partial charge in [0.15, 0.2) is 5.11 Å². The fraction of sp³-hybridized carbons (Fsp3) is 0.583. The Morgan fingerprint density at radius 2 is 2.40 bits per heavy atom. The van der Waals surface area contributed by atoms with Crippen LogP contribution in [0.4, 0.5) is 0 Å². The molecule has 3 N–H and O–H groups in total. The van der Waals surface area contributed by atoms with E-state index in [1.54, 1.807) is 13.1 Å². The highest BCUT2D eigenvalue weighted by Gasteiger charge is 2.16. The summed E-state index contributed by atoms with van der Waals surface area (Å²) in [7, 11) is 1.72. The average molecular weight is 297 g/mol. The monoisotopic (exact) mass is 297 g/mol. The van der Waals surface area contributed by atoms with Gasteiger partial charge in [0.05, 0.1) is 11.8 Å². The topological polar surface area (TPSA) is 80.2 Å². The molecule has 1 saturated heterocycles. The highest BCUT2D eigenvalue weighted by Crippen LogP contribution is 2.10. The van der Waals surface area contributed by atoms with Gasteiger partial charge in [-0.15, -0.1) is 0 Å². The molecule has 110 valence electrons. The largest absolute Gasteiger partial charge is 0.376 e. The van der Waals surface area contributed by atoms with Gasteiger partial charge in [0.25, 0.3) is 5.91 Å². The van der Waals surface area contributed by atoms with E-state index in [4.69, 9.17) is 17.0 Å². The predicted octanol–water partition coefficient (Wildman–Crippen LogP) is 0.0164. The lowest BCUT2D eigenvalue weighted by Crippen LogP contribution is -2.48. The zero-order valence-corrected chi connectivity index (χ0v) is 12.4. The Labute approximate surface area is 123 Å². The summed E-state index contributed by atoms with van der Waals surface area (Å²) in [5.74, 6) is -0.283. The molecule has 1 aromatic rings. The van der Waals surface area contributed by atoms with Crippen molar-refractivity contribution in [2.24, 2.45) is 7.05 Å². The average Bonchev–Trinajstić information content (AvgIpc) is 3.03. The highest BCUT2D eigenvalue weighted by atomic mass is 32.1. The Balaban J connectivity index is 1.72. The molecule has 0 bridgehead atoms. The van der Waals surface area contributed by atoms with Crippen molar-refractivity contribution in [3.05, 3.63) is 17.5 Å². The Morgan fingerprint density at radius 3 is 3.00 bits per heavy atom. The van der Waals surface area contributed by atoms with E-state index in [9.17, 15) is 4.79 Å². The van der Waals surface area contributed by atoms with Crippen molar-refractivity contribution < 1.29 is 9.53 Å². The van der Waals surface area contributed by atoms with E-state index in [-0.39, 0.29) is 12.0 Å². The van der Waals surface area contributed by atoms with Crippen molar-refractivity contribution in [2.45, 2.75) is 25.9 Å². The molecule has 8 heteroatoms. The van der Waals surface area contributed by atoms with Gasteiger partial charge >= 0.3 is 0 Å². The number of carbonyl (C=O) groups is 1. The summed E-state index contributed by atoms with van der Waals surface area (Å²) in [6.45, 7) is 3.29. The maximum atomic E-state index is 11.9. The van der Waals surface area contributed by atoms with E-state index in [2.05, 4.69) is 21.3 Å². The van der Waals surface area contributed by atoms with Gasteiger partial charge in [-0.1, -0.05) is 0 Å². The number of hydrogen-bond donors (Lipinski definition) is 3. The number of carbonyl (C=O) groups excluding carboxylic acids is 1. The van der Waals surface area contributed by atoms with E-state index in [0.717, 1.165) is 25.1 Å². The Morgan fingerprint density at radius 1 is 1.60 bits per heavy atom. The van der Waals surface area contributed by atoms with Crippen LogP contribution in [0, 0.1) is 6.92 Å². The molecule has 0 spiro atoms. The number of aryl methyl sites for hydroxylation is 2. The van der Waals surface area contributed by atoms with Gasteiger partial charge in [-0.2, -0.15) is 5.10 Å². The first-order chi connectivity index (χ1) is 9.56. The van der Waals surface area contributed by atoms with Crippen molar-refractivity contribution >= 4 is 23.2 Å². The lowest BCUT2D eigenvalue weighted by Gasteiger charge is -2.14. The lowest BCUT2D eigenvalue weighted by atomic mass is 10.2. The molecule has 0 aromatic carbocycles. The van der Waals surface area contributed by atoms with Crippen LogP contribution < -0.4 is 16.2 Å². The Hall–Kier alpha value is -1.67. The molecule has 1 aliphatic heterocycles. The Kier molecular flexibility index (Phi) is 4.91. The first kappa shape index (κ1) is 14.7. The third kappa shape index (κ3) is 3.91. The molecule has 0 aliphatic carbocycles. The molecule has 2 rings (SSSR count). The molecule has 1 fully saturated rings. The minimum Gasteiger partial charge on any atom is -0.376 e. The fourth-order valence-electron chi connectivity index (χ4n) is 2.06. The van der Waals surface area contributed by atoms with Crippen molar-refractivity contribution in [1.29, 1.82) is 0 Å². The summed E-state index contributed by atoms with van der Waals surface area (Å²) < 4.78 is 6.99. The van der Waals surface area contributed by atoms with Crippen LogP contribution in [0.25, 0.3) is 0 Å². The standard InChI is InChI=1S/C12H19N5O2S/c1-8-6-10(17(2)16-8)11(18)14-15-12(20)13-7-9-4-3-5-19-9/h6,9H,3-5,7H2,1-2H3,(H,14,18)(H2,13,15,20). The van der Waals surface area contributed by atoms with Crippen LogP contribution in [0.2, 0.25) is 0 Å². The normalized spacial score (nSPS) is 17.8. The fourth-order valence-corrected chi connectivity index (χ4v) is 2.19. The number of aromatic nitrogens is 2. The molecule has 1 aliphatic rings. The maximum absolute atomic E-state index is 11.9. The van der Waals surface area contributed by atoms with Gasteiger partial charge < -0.3 is 10.1 Å². The van der Waals surface area contributed by atoms with Crippen LogP contribution in [-0.4, -0.2) is 40.1 Å². The van der Waals surface area contributed by atoms with Crippen molar-refractivity contribution in [1.82, 2.24) is 25.9 Å². The molecule has 1 unspecified atom stereocenters. The number of hydrazine groups is 1. The summed E-state index contributed by atoms with van der Waals surface area (Å²) >= 11 is 5.08. The molecule has 1 atom stereocenters. The summed E-state index contributed by atoms with van der Waals surface area (Å²) in [6, 6.07) is 1.71. The van der Waals surface area contributed by atoms with Gasteiger partial charge in [0, 0.05) is 20.2 Å². The van der Waals surface area contributed by atoms with E-state index < -0.39 is 0 Å². The van der Waals surface area contributed by atoms with Gasteiger partial charge in [-0.05, 0) is 38.0 Å². The number of thiocarbonyl (C=S) groups is 1. The Bertz CT molecular complexity index is 496. The summed E-state index contributed by atoms with van der Waals surface area (Å²) in [4.78, 5) is 11.9. The van der Waals surface area contributed by atoms with Crippen LogP contribution in [0.15, 0.2) is 6.07 Å². The second-order valence-corrected chi connectivity index (χ2v) is 5.13. The third-order valence-corrected chi connectivity index (χ3v) is 3.28. The van der Waals surface area contributed by atoms with Gasteiger partial charge in [-0.25, -0.2) is 0 Å². The predicted molar refractivity (Wildman–Crippen MR) is 78.1 cm³/mol. The first-order valence-electron chi connectivity index (χ1n) is 6.52. The molecule has 0 saturated carbocycles. The SMILES string of the molecule is Cc1cc(C(=O)NNC(=S)NCC2CCCO2)n(C)n1. The maximum Gasteiger partial charge on any atom is 0.287 e.